The van der Waals surface area contributed by atoms with Crippen LogP contribution in [0.1, 0.15) is 6.92 Å². The van der Waals surface area contributed by atoms with Crippen LogP contribution in [0.2, 0.25) is 0 Å². The van der Waals surface area contributed by atoms with Gasteiger partial charge in [0.1, 0.15) is 5.75 Å². The molecule has 0 aliphatic rings. The highest BCUT2D eigenvalue weighted by Gasteiger charge is 2.01. The first kappa shape index (κ1) is 15.8. The minimum atomic E-state index is -0.0996. The zero-order valence-corrected chi connectivity index (χ0v) is 13.2. The van der Waals surface area contributed by atoms with Gasteiger partial charge in [-0.1, -0.05) is 0 Å². The minimum absolute atomic E-state index is 0.0996. The number of benzene rings is 2. The summed E-state index contributed by atoms with van der Waals surface area (Å²) in [5.74, 6) is 0.690. The van der Waals surface area contributed by atoms with E-state index in [0.717, 1.165) is 22.8 Å². The maximum absolute atomic E-state index is 11.0. The van der Waals surface area contributed by atoms with E-state index in [2.05, 4.69) is 16.0 Å². The molecule has 0 aliphatic heterocycles. The van der Waals surface area contributed by atoms with Crippen LogP contribution < -0.4 is 20.7 Å². The number of carbonyl (C=O) groups is 1. The van der Waals surface area contributed by atoms with Gasteiger partial charge >= 0.3 is 0 Å². The summed E-state index contributed by atoms with van der Waals surface area (Å²) in [5.41, 5.74) is 2.44. The number of thiocarbonyl (C=S) groups is 1. The fourth-order valence-corrected chi connectivity index (χ4v) is 2.04. The second-order valence-electron chi connectivity index (χ2n) is 4.57. The largest absolute Gasteiger partial charge is 0.497 e. The van der Waals surface area contributed by atoms with Gasteiger partial charge < -0.3 is 20.7 Å². The van der Waals surface area contributed by atoms with Crippen molar-refractivity contribution >= 4 is 40.3 Å². The average Bonchev–Trinajstić information content (AvgIpc) is 2.49. The first-order valence-corrected chi connectivity index (χ1v) is 7.07. The van der Waals surface area contributed by atoms with Crippen molar-refractivity contribution in [3.8, 4) is 5.75 Å². The van der Waals surface area contributed by atoms with Crippen molar-refractivity contribution in [2.75, 3.05) is 23.1 Å². The molecular weight excluding hydrogens is 298 g/mol. The number of methoxy groups -OCH3 is 1. The van der Waals surface area contributed by atoms with E-state index in [4.69, 9.17) is 17.0 Å². The Balaban J connectivity index is 1.92. The van der Waals surface area contributed by atoms with E-state index >= 15 is 0 Å². The Kier molecular flexibility index (Phi) is 5.32. The van der Waals surface area contributed by atoms with Crippen molar-refractivity contribution < 1.29 is 9.53 Å². The monoisotopic (exact) mass is 315 g/mol. The molecule has 2 rings (SSSR count). The number of anilines is 3. The topological polar surface area (TPSA) is 62.4 Å². The van der Waals surface area contributed by atoms with Crippen LogP contribution in [-0.4, -0.2) is 18.1 Å². The van der Waals surface area contributed by atoms with Gasteiger partial charge in [-0.05, 0) is 60.7 Å². The van der Waals surface area contributed by atoms with Crippen molar-refractivity contribution in [3.63, 3.8) is 0 Å². The Labute approximate surface area is 134 Å². The van der Waals surface area contributed by atoms with Crippen LogP contribution in [0.3, 0.4) is 0 Å². The molecule has 1 amide bonds. The zero-order chi connectivity index (χ0) is 15.9. The lowest BCUT2D eigenvalue weighted by molar-refractivity contribution is -0.114. The molecule has 0 aliphatic carbocycles. The van der Waals surface area contributed by atoms with Crippen molar-refractivity contribution in [2.45, 2.75) is 6.92 Å². The second-order valence-corrected chi connectivity index (χ2v) is 4.97. The highest BCUT2D eigenvalue weighted by Crippen LogP contribution is 2.16. The van der Waals surface area contributed by atoms with Gasteiger partial charge in [-0.15, -0.1) is 0 Å². The molecule has 3 N–H and O–H groups in total. The summed E-state index contributed by atoms with van der Waals surface area (Å²) in [7, 11) is 1.62. The zero-order valence-electron chi connectivity index (χ0n) is 12.3. The Morgan fingerprint density at radius 2 is 1.27 bits per heavy atom. The number of rotatable bonds is 4. The van der Waals surface area contributed by atoms with Crippen molar-refractivity contribution in [2.24, 2.45) is 0 Å². The summed E-state index contributed by atoms with van der Waals surface area (Å²) >= 11 is 5.26. The van der Waals surface area contributed by atoms with E-state index in [0.29, 0.717) is 5.11 Å². The van der Waals surface area contributed by atoms with E-state index in [9.17, 15) is 4.79 Å². The van der Waals surface area contributed by atoms with Gasteiger partial charge in [-0.3, -0.25) is 4.79 Å². The predicted octanol–water partition coefficient (Wildman–Crippen LogP) is 3.46. The highest BCUT2D eigenvalue weighted by atomic mass is 32.1. The van der Waals surface area contributed by atoms with Gasteiger partial charge in [0.05, 0.1) is 7.11 Å². The van der Waals surface area contributed by atoms with Crippen LogP contribution in [0.4, 0.5) is 17.1 Å². The summed E-state index contributed by atoms with van der Waals surface area (Å²) in [6.07, 6.45) is 0. The number of carbonyl (C=O) groups excluding carboxylic acids is 1. The Morgan fingerprint density at radius 1 is 0.864 bits per heavy atom. The molecule has 0 heterocycles. The van der Waals surface area contributed by atoms with E-state index in [1.165, 1.54) is 6.92 Å². The van der Waals surface area contributed by atoms with Crippen LogP contribution in [0, 0.1) is 0 Å². The van der Waals surface area contributed by atoms with E-state index in [-0.39, 0.29) is 5.91 Å². The molecule has 0 saturated heterocycles. The number of ether oxygens (including phenoxy) is 1. The number of hydrogen-bond donors (Lipinski definition) is 3. The maximum atomic E-state index is 11.0. The number of hydrogen-bond acceptors (Lipinski definition) is 3. The molecule has 0 unspecified atom stereocenters. The van der Waals surface area contributed by atoms with Crippen LogP contribution in [-0.2, 0) is 4.79 Å². The van der Waals surface area contributed by atoms with Gasteiger partial charge in [0, 0.05) is 24.0 Å². The first-order valence-electron chi connectivity index (χ1n) is 6.66. The van der Waals surface area contributed by atoms with E-state index in [1.807, 2.05) is 36.4 Å². The Bertz CT molecular complexity index is 654. The van der Waals surface area contributed by atoms with Gasteiger partial charge in [-0.25, -0.2) is 0 Å². The number of amides is 1. The molecule has 0 aromatic heterocycles. The maximum Gasteiger partial charge on any atom is 0.221 e. The molecule has 2 aromatic carbocycles. The van der Waals surface area contributed by atoms with Gasteiger partial charge in [0.25, 0.3) is 0 Å². The second kappa shape index (κ2) is 7.42. The standard InChI is InChI=1S/C16H17N3O2S/c1-11(20)17-12-3-5-13(6-4-12)18-16(22)19-14-7-9-15(21-2)10-8-14/h3-10H,1-2H3,(H,17,20)(H2,18,19,22). The normalized spacial score (nSPS) is 9.73. The molecule has 22 heavy (non-hydrogen) atoms. The molecule has 0 atom stereocenters. The smallest absolute Gasteiger partial charge is 0.221 e. The quantitative estimate of drug-likeness (QED) is 0.754. The summed E-state index contributed by atoms with van der Waals surface area (Å²) in [6.45, 7) is 1.47. The van der Waals surface area contributed by atoms with Gasteiger partial charge in [-0.2, -0.15) is 0 Å². The van der Waals surface area contributed by atoms with Crippen LogP contribution in [0.15, 0.2) is 48.5 Å². The predicted molar refractivity (Wildman–Crippen MR) is 93.6 cm³/mol. The lowest BCUT2D eigenvalue weighted by atomic mass is 10.3. The molecule has 2 aromatic rings. The first-order chi connectivity index (χ1) is 10.6. The Morgan fingerprint density at radius 3 is 1.68 bits per heavy atom. The van der Waals surface area contributed by atoms with Crippen molar-refractivity contribution in [1.29, 1.82) is 0 Å². The molecule has 6 heteroatoms. The third kappa shape index (κ3) is 4.75. The fraction of sp³-hybridized carbons (Fsp3) is 0.125. The van der Waals surface area contributed by atoms with Gasteiger partial charge in [0.15, 0.2) is 5.11 Å². The average molecular weight is 315 g/mol. The molecule has 114 valence electrons. The number of nitrogens with one attached hydrogen (secondary N) is 3. The molecule has 0 spiro atoms. The van der Waals surface area contributed by atoms with Crippen LogP contribution >= 0.6 is 12.2 Å². The lowest BCUT2D eigenvalue weighted by Gasteiger charge is -2.11. The van der Waals surface area contributed by atoms with Crippen LogP contribution in [0.5, 0.6) is 5.75 Å². The van der Waals surface area contributed by atoms with Crippen molar-refractivity contribution in [1.82, 2.24) is 0 Å². The highest BCUT2D eigenvalue weighted by molar-refractivity contribution is 7.80. The molecule has 0 radical (unpaired) electrons. The van der Waals surface area contributed by atoms with Gasteiger partial charge in [0.2, 0.25) is 5.91 Å². The van der Waals surface area contributed by atoms with E-state index in [1.54, 1.807) is 19.2 Å². The van der Waals surface area contributed by atoms with Crippen LogP contribution in [0.25, 0.3) is 0 Å². The summed E-state index contributed by atoms with van der Waals surface area (Å²) < 4.78 is 5.10. The molecule has 0 fully saturated rings. The summed E-state index contributed by atoms with van der Waals surface area (Å²) in [4.78, 5) is 11.0. The molecule has 0 saturated carbocycles. The summed E-state index contributed by atoms with van der Waals surface area (Å²) in [5, 5.41) is 9.35. The Hall–Kier alpha value is -2.60. The molecule has 5 nitrogen and oxygen atoms in total. The lowest BCUT2D eigenvalue weighted by Crippen LogP contribution is -2.19. The minimum Gasteiger partial charge on any atom is -0.497 e. The molecule has 0 bridgehead atoms. The molecular formula is C16H17N3O2S. The van der Waals surface area contributed by atoms with Crippen molar-refractivity contribution in [3.05, 3.63) is 48.5 Å². The SMILES string of the molecule is COc1ccc(NC(=S)Nc2ccc(NC(C)=O)cc2)cc1. The fourth-order valence-electron chi connectivity index (χ4n) is 1.81. The third-order valence-corrected chi connectivity index (χ3v) is 3.02. The summed E-state index contributed by atoms with van der Waals surface area (Å²) in [6, 6.07) is 14.8. The van der Waals surface area contributed by atoms with E-state index < -0.39 is 0 Å². The third-order valence-electron chi connectivity index (χ3n) is 2.81.